The SMILES string of the molecule is CN(C)c1ccc(/C=C(\NC(=O)c2ccccc2)C(=O)Nc2ccc(SC(C(=O)Nc3nc(-c4ccccc4)cs3)c3ccccc3)cc2)cc1. The molecule has 254 valence electrons. The maximum absolute atomic E-state index is 13.7. The summed E-state index contributed by atoms with van der Waals surface area (Å²) in [5.74, 6) is -1.07. The van der Waals surface area contributed by atoms with Gasteiger partial charge in [-0.15, -0.1) is 23.1 Å². The van der Waals surface area contributed by atoms with E-state index < -0.39 is 17.1 Å². The largest absolute Gasteiger partial charge is 0.378 e. The number of thioether (sulfide) groups is 1. The molecule has 10 heteroatoms. The second-order valence-corrected chi connectivity index (χ2v) is 13.7. The van der Waals surface area contributed by atoms with Gasteiger partial charge in [0.05, 0.1) is 5.69 Å². The quantitative estimate of drug-likeness (QED) is 0.0868. The first-order chi connectivity index (χ1) is 24.8. The number of hydrogen-bond donors (Lipinski definition) is 3. The third-order valence-corrected chi connectivity index (χ3v) is 9.78. The average molecular weight is 710 g/mol. The molecule has 1 atom stereocenters. The van der Waals surface area contributed by atoms with Crippen LogP contribution in [0.3, 0.4) is 0 Å². The number of benzene rings is 5. The summed E-state index contributed by atoms with van der Waals surface area (Å²) in [6.45, 7) is 0. The highest BCUT2D eigenvalue weighted by Gasteiger charge is 2.23. The number of carbonyl (C=O) groups excluding carboxylic acids is 3. The Morgan fingerprint density at radius 1 is 0.745 bits per heavy atom. The van der Waals surface area contributed by atoms with Gasteiger partial charge in [-0.25, -0.2) is 4.98 Å². The van der Waals surface area contributed by atoms with E-state index >= 15 is 0 Å². The molecule has 1 aromatic heterocycles. The van der Waals surface area contributed by atoms with E-state index in [2.05, 4.69) is 20.9 Å². The Balaban J connectivity index is 1.17. The van der Waals surface area contributed by atoms with Crippen molar-refractivity contribution < 1.29 is 14.4 Å². The zero-order valence-corrected chi connectivity index (χ0v) is 29.6. The summed E-state index contributed by atoms with van der Waals surface area (Å²) in [6.07, 6.45) is 1.65. The molecule has 0 radical (unpaired) electrons. The van der Waals surface area contributed by atoms with E-state index in [0.29, 0.717) is 16.4 Å². The van der Waals surface area contributed by atoms with Crippen molar-refractivity contribution in [1.29, 1.82) is 0 Å². The van der Waals surface area contributed by atoms with E-state index in [0.717, 1.165) is 33.0 Å². The van der Waals surface area contributed by atoms with E-state index in [1.54, 1.807) is 42.5 Å². The number of amides is 3. The van der Waals surface area contributed by atoms with Crippen LogP contribution in [0.4, 0.5) is 16.5 Å². The van der Waals surface area contributed by atoms with Gasteiger partial charge in [-0.3, -0.25) is 14.4 Å². The molecule has 3 amide bonds. The molecule has 0 spiro atoms. The molecule has 51 heavy (non-hydrogen) atoms. The molecular formula is C41H35N5O3S2. The maximum atomic E-state index is 13.7. The Kier molecular flexibility index (Phi) is 11.4. The van der Waals surface area contributed by atoms with Gasteiger partial charge in [-0.05, 0) is 65.7 Å². The Hall–Kier alpha value is -5.97. The predicted octanol–water partition coefficient (Wildman–Crippen LogP) is 8.76. The highest BCUT2D eigenvalue weighted by molar-refractivity contribution is 8.00. The molecule has 1 unspecified atom stereocenters. The number of thiazole rings is 1. The minimum absolute atomic E-state index is 0.0957. The summed E-state index contributed by atoms with van der Waals surface area (Å²) in [7, 11) is 3.91. The van der Waals surface area contributed by atoms with E-state index in [1.165, 1.54) is 23.1 Å². The van der Waals surface area contributed by atoms with Crippen LogP contribution in [-0.2, 0) is 9.59 Å². The summed E-state index contributed by atoms with van der Waals surface area (Å²) < 4.78 is 0. The fourth-order valence-corrected chi connectivity index (χ4v) is 6.82. The van der Waals surface area contributed by atoms with Crippen LogP contribution >= 0.6 is 23.1 Å². The molecule has 0 bridgehead atoms. The van der Waals surface area contributed by atoms with Crippen LogP contribution in [0.1, 0.15) is 26.7 Å². The lowest BCUT2D eigenvalue weighted by Gasteiger charge is -2.17. The van der Waals surface area contributed by atoms with Gasteiger partial charge in [0, 0.05) is 46.9 Å². The van der Waals surface area contributed by atoms with Gasteiger partial charge in [-0.2, -0.15) is 0 Å². The van der Waals surface area contributed by atoms with Crippen molar-refractivity contribution in [2.75, 3.05) is 29.6 Å². The van der Waals surface area contributed by atoms with Crippen molar-refractivity contribution >= 4 is 63.4 Å². The topological polar surface area (TPSA) is 103 Å². The first-order valence-corrected chi connectivity index (χ1v) is 17.9. The van der Waals surface area contributed by atoms with E-state index in [1.807, 2.05) is 128 Å². The van der Waals surface area contributed by atoms with Crippen molar-refractivity contribution in [3.8, 4) is 11.3 Å². The number of carbonyl (C=O) groups is 3. The van der Waals surface area contributed by atoms with Gasteiger partial charge in [0.2, 0.25) is 5.91 Å². The number of aromatic nitrogens is 1. The molecule has 0 aliphatic heterocycles. The van der Waals surface area contributed by atoms with Gasteiger partial charge in [-0.1, -0.05) is 91.0 Å². The second kappa shape index (κ2) is 16.6. The average Bonchev–Trinajstić information content (AvgIpc) is 3.63. The van der Waals surface area contributed by atoms with Gasteiger partial charge in [0.1, 0.15) is 10.9 Å². The van der Waals surface area contributed by atoms with Gasteiger partial charge >= 0.3 is 0 Å². The zero-order chi connectivity index (χ0) is 35.6. The Bertz CT molecular complexity index is 2120. The number of hydrogen-bond acceptors (Lipinski definition) is 7. The summed E-state index contributed by atoms with van der Waals surface area (Å²) in [6, 6.07) is 43.1. The van der Waals surface area contributed by atoms with Crippen molar-refractivity contribution in [2.45, 2.75) is 10.1 Å². The van der Waals surface area contributed by atoms with Crippen LogP contribution < -0.4 is 20.9 Å². The van der Waals surface area contributed by atoms with Gasteiger partial charge < -0.3 is 20.9 Å². The molecule has 0 aliphatic carbocycles. The highest BCUT2D eigenvalue weighted by Crippen LogP contribution is 2.37. The minimum atomic E-state index is -0.558. The zero-order valence-electron chi connectivity index (χ0n) is 27.9. The molecule has 5 aromatic carbocycles. The minimum Gasteiger partial charge on any atom is -0.378 e. The molecule has 6 rings (SSSR count). The fraction of sp³-hybridized carbons (Fsp3) is 0.0732. The van der Waals surface area contributed by atoms with Crippen LogP contribution in [0.25, 0.3) is 17.3 Å². The first kappa shape index (κ1) is 34.9. The van der Waals surface area contributed by atoms with Crippen molar-refractivity contribution in [3.63, 3.8) is 0 Å². The number of nitrogens with one attached hydrogen (secondary N) is 3. The molecule has 3 N–H and O–H groups in total. The normalized spacial score (nSPS) is 11.7. The lowest BCUT2D eigenvalue weighted by atomic mass is 10.1. The van der Waals surface area contributed by atoms with Crippen LogP contribution in [0.15, 0.2) is 155 Å². The lowest BCUT2D eigenvalue weighted by Crippen LogP contribution is -2.30. The molecule has 6 aromatic rings. The summed E-state index contributed by atoms with van der Waals surface area (Å²) in [4.78, 5) is 47.8. The molecule has 0 saturated carbocycles. The van der Waals surface area contributed by atoms with E-state index in [-0.39, 0.29) is 11.6 Å². The van der Waals surface area contributed by atoms with Gasteiger partial charge in [0.15, 0.2) is 5.13 Å². The van der Waals surface area contributed by atoms with Crippen molar-refractivity contribution in [2.24, 2.45) is 0 Å². The molecule has 0 saturated heterocycles. The van der Waals surface area contributed by atoms with Crippen LogP contribution in [0.5, 0.6) is 0 Å². The number of rotatable bonds is 12. The monoisotopic (exact) mass is 709 g/mol. The van der Waals surface area contributed by atoms with Crippen molar-refractivity contribution in [3.05, 3.63) is 167 Å². The number of anilines is 3. The Morgan fingerprint density at radius 3 is 2.02 bits per heavy atom. The Labute approximate surface area is 305 Å². The van der Waals surface area contributed by atoms with Crippen molar-refractivity contribution in [1.82, 2.24) is 10.3 Å². The predicted molar refractivity (Wildman–Crippen MR) is 209 cm³/mol. The third kappa shape index (κ3) is 9.39. The molecule has 0 aliphatic rings. The smallest absolute Gasteiger partial charge is 0.272 e. The first-order valence-electron chi connectivity index (χ1n) is 16.1. The summed E-state index contributed by atoms with van der Waals surface area (Å²) in [5, 5.41) is 10.6. The van der Waals surface area contributed by atoms with Crippen LogP contribution in [0, 0.1) is 0 Å². The number of nitrogens with zero attached hydrogens (tertiary/aromatic N) is 2. The molecular weight excluding hydrogens is 675 g/mol. The van der Waals surface area contributed by atoms with Gasteiger partial charge in [0.25, 0.3) is 11.8 Å². The van der Waals surface area contributed by atoms with Crippen LogP contribution in [0.2, 0.25) is 0 Å². The van der Waals surface area contributed by atoms with E-state index in [9.17, 15) is 14.4 Å². The lowest BCUT2D eigenvalue weighted by molar-refractivity contribution is -0.116. The maximum Gasteiger partial charge on any atom is 0.272 e. The molecule has 8 nitrogen and oxygen atoms in total. The fourth-order valence-electron chi connectivity index (χ4n) is 5.07. The Morgan fingerprint density at radius 2 is 1.37 bits per heavy atom. The molecule has 1 heterocycles. The molecule has 0 fully saturated rings. The second-order valence-electron chi connectivity index (χ2n) is 11.6. The third-order valence-electron chi connectivity index (χ3n) is 7.76. The highest BCUT2D eigenvalue weighted by atomic mass is 32.2. The van der Waals surface area contributed by atoms with Crippen LogP contribution in [-0.4, -0.2) is 36.8 Å². The standard InChI is InChI=1S/C41H35N5O3S2/c1-46(2)33-22-18-28(19-23-33)26-35(43-38(47)31-16-10-5-11-17-31)39(48)42-32-20-24-34(25-21-32)51-37(30-14-8-4-9-15-30)40(49)45-41-44-36(27-50-41)29-12-6-3-7-13-29/h3-27,37H,1-2H3,(H,42,48)(H,43,47)(H,44,45,49)/b35-26-. The van der Waals surface area contributed by atoms with E-state index in [4.69, 9.17) is 0 Å². The summed E-state index contributed by atoms with van der Waals surface area (Å²) >= 11 is 2.78. The summed E-state index contributed by atoms with van der Waals surface area (Å²) in [5.41, 5.74) is 5.46.